The van der Waals surface area contributed by atoms with Crippen molar-refractivity contribution in [3.05, 3.63) is 15.3 Å². The zero-order valence-corrected chi connectivity index (χ0v) is 10.2. The van der Waals surface area contributed by atoms with Gasteiger partial charge < -0.3 is 20.0 Å². The van der Waals surface area contributed by atoms with Crippen LogP contribution in [0.5, 0.6) is 0 Å². The molecule has 0 atom stereocenters. The van der Waals surface area contributed by atoms with E-state index in [0.717, 1.165) is 0 Å². The molecule has 1 aliphatic heterocycles. The van der Waals surface area contributed by atoms with Crippen molar-refractivity contribution in [2.45, 2.75) is 25.3 Å². The number of nitrogens with zero attached hydrogens (tertiary/aromatic N) is 3. The van der Waals surface area contributed by atoms with Gasteiger partial charge in [0, 0.05) is 7.05 Å². The fourth-order valence-electron chi connectivity index (χ4n) is 1.17. The molecule has 18 heavy (non-hydrogen) atoms. The molecule has 0 spiro atoms. The lowest BCUT2D eigenvalue weighted by atomic mass is 10.2. The summed E-state index contributed by atoms with van der Waals surface area (Å²) in [5.74, 6) is -1.02. The molecule has 1 rings (SSSR count). The number of ether oxygens (including phenoxy) is 2. The Labute approximate surface area is 102 Å². The maximum Gasteiger partial charge on any atom is 0.484 e. The predicted octanol–water partition coefficient (Wildman–Crippen LogP) is 0.0442. The minimum Gasteiger partial charge on any atom is -0.594 e. The van der Waals surface area contributed by atoms with Gasteiger partial charge in [-0.3, -0.25) is 10.1 Å². The number of hydrogen-bond donors (Lipinski definition) is 1. The lowest BCUT2D eigenvalue weighted by Gasteiger charge is -2.34. The molecule has 2 amide bonds. The number of amides is 2. The molecular formula is C8H14N4O6. The average Bonchev–Trinajstić information content (AvgIpc) is 2.28. The molecule has 0 radical (unpaired) electrons. The van der Waals surface area contributed by atoms with Crippen molar-refractivity contribution in [2.75, 3.05) is 20.3 Å². The number of rotatable bonds is 2. The van der Waals surface area contributed by atoms with Gasteiger partial charge >= 0.3 is 11.7 Å². The molecule has 0 aliphatic carbocycles. The molecule has 1 saturated heterocycles. The Hall–Kier alpha value is -1.81. The van der Waals surface area contributed by atoms with Crippen molar-refractivity contribution < 1.29 is 24.1 Å². The molecule has 1 heterocycles. The monoisotopic (exact) mass is 262 g/mol. The van der Waals surface area contributed by atoms with Crippen molar-refractivity contribution in [3.63, 3.8) is 0 Å². The maximum absolute atomic E-state index is 11.6. The fourth-order valence-corrected chi connectivity index (χ4v) is 1.17. The van der Waals surface area contributed by atoms with E-state index in [2.05, 4.69) is 10.4 Å². The molecule has 0 unspecified atom stereocenters. The number of urea groups is 1. The van der Waals surface area contributed by atoms with E-state index in [1.54, 1.807) is 13.8 Å². The summed E-state index contributed by atoms with van der Waals surface area (Å²) >= 11 is 0. The van der Waals surface area contributed by atoms with Crippen molar-refractivity contribution >= 4 is 6.03 Å². The van der Waals surface area contributed by atoms with Gasteiger partial charge in [0.2, 0.25) is 0 Å². The first-order chi connectivity index (χ1) is 8.23. The van der Waals surface area contributed by atoms with E-state index in [9.17, 15) is 20.1 Å². The topological polar surface area (TPSA) is 129 Å². The Morgan fingerprint density at radius 2 is 1.83 bits per heavy atom. The molecule has 1 aliphatic rings. The normalized spacial score (nSPS) is 22.3. The third-order valence-electron chi connectivity index (χ3n) is 2.39. The first-order valence-corrected chi connectivity index (χ1v) is 5.07. The van der Waals surface area contributed by atoms with Crippen LogP contribution >= 0.6 is 0 Å². The third-order valence-corrected chi connectivity index (χ3v) is 2.39. The van der Waals surface area contributed by atoms with Crippen LogP contribution in [0.25, 0.3) is 0 Å². The number of carbonyl (C=O) groups is 1. The summed E-state index contributed by atoms with van der Waals surface area (Å²) in [6, 6.07) is -0.990. The molecule has 1 fully saturated rings. The van der Waals surface area contributed by atoms with Crippen LogP contribution in [0.4, 0.5) is 4.79 Å². The summed E-state index contributed by atoms with van der Waals surface area (Å²) in [4.78, 5) is 20.8. The summed E-state index contributed by atoms with van der Waals surface area (Å²) in [7, 11) is 1.25. The fraction of sp³-hybridized carbons (Fsp3) is 0.875. The lowest BCUT2D eigenvalue weighted by molar-refractivity contribution is -0.825. The summed E-state index contributed by atoms with van der Waals surface area (Å²) < 4.78 is 10.2. The zero-order valence-electron chi connectivity index (χ0n) is 10.2. The number of nitrogens with one attached hydrogen (secondary N) is 1. The third kappa shape index (κ3) is 2.71. The van der Waals surface area contributed by atoms with Crippen LogP contribution in [0.2, 0.25) is 0 Å². The molecule has 0 aromatic heterocycles. The Bertz CT molecular complexity index is 383. The molecule has 0 aromatic carbocycles. The van der Waals surface area contributed by atoms with Gasteiger partial charge in [-0.2, -0.15) is 0 Å². The predicted molar refractivity (Wildman–Crippen MR) is 56.2 cm³/mol. The highest BCUT2D eigenvalue weighted by Crippen LogP contribution is 2.26. The van der Waals surface area contributed by atoms with Crippen LogP contribution in [-0.4, -0.2) is 47.5 Å². The SMILES string of the molecule is CNC(=O)N=[N+]([O-])C1([N+](=O)[O-])COC(C)(C)OC1. The summed E-state index contributed by atoms with van der Waals surface area (Å²) in [6.07, 6.45) is 0. The highest BCUT2D eigenvalue weighted by molar-refractivity contribution is 5.73. The van der Waals surface area contributed by atoms with Gasteiger partial charge in [-0.15, -0.1) is 0 Å². The summed E-state index contributed by atoms with van der Waals surface area (Å²) in [5.41, 5.74) is -2.25. The van der Waals surface area contributed by atoms with Gasteiger partial charge in [0.1, 0.15) is 4.92 Å². The largest absolute Gasteiger partial charge is 0.594 e. The van der Waals surface area contributed by atoms with Gasteiger partial charge in [-0.1, -0.05) is 0 Å². The van der Waals surface area contributed by atoms with Gasteiger partial charge in [0.05, 0.1) is 5.11 Å². The van der Waals surface area contributed by atoms with E-state index in [4.69, 9.17) is 9.47 Å². The first kappa shape index (κ1) is 14.3. The van der Waals surface area contributed by atoms with Crippen LogP contribution in [0.1, 0.15) is 13.8 Å². The second-order valence-corrected chi connectivity index (χ2v) is 4.14. The van der Waals surface area contributed by atoms with Crippen molar-refractivity contribution in [3.8, 4) is 0 Å². The van der Waals surface area contributed by atoms with E-state index in [1.807, 2.05) is 0 Å². The maximum atomic E-state index is 11.6. The minimum atomic E-state index is -2.25. The molecule has 10 nitrogen and oxygen atoms in total. The minimum absolute atomic E-state index is 0.291. The zero-order chi connectivity index (χ0) is 14.0. The smallest absolute Gasteiger partial charge is 0.484 e. The van der Waals surface area contributed by atoms with E-state index < -0.39 is 35.6 Å². The van der Waals surface area contributed by atoms with E-state index in [0.29, 0.717) is 0 Å². The number of carbonyl (C=O) groups excluding carboxylic acids is 1. The second-order valence-electron chi connectivity index (χ2n) is 4.14. The molecule has 0 bridgehead atoms. The van der Waals surface area contributed by atoms with E-state index in [-0.39, 0.29) is 4.86 Å². The van der Waals surface area contributed by atoms with Gasteiger partial charge in [0.25, 0.3) is 0 Å². The van der Waals surface area contributed by atoms with E-state index >= 15 is 0 Å². The highest BCUT2D eigenvalue weighted by atomic mass is 16.7. The molecule has 1 N–H and O–H groups in total. The first-order valence-electron chi connectivity index (χ1n) is 5.07. The van der Waals surface area contributed by atoms with Crippen molar-refractivity contribution in [2.24, 2.45) is 5.11 Å². The second kappa shape index (κ2) is 4.82. The van der Waals surface area contributed by atoms with Crippen LogP contribution in [0.15, 0.2) is 5.11 Å². The summed E-state index contributed by atoms with van der Waals surface area (Å²) in [6.45, 7) is 2.05. The van der Waals surface area contributed by atoms with Crippen LogP contribution in [0.3, 0.4) is 0 Å². The van der Waals surface area contributed by atoms with Gasteiger partial charge in [0.15, 0.2) is 19.0 Å². The standard InChI is InChI=1S/C8H14N4O6/c1-7(2)17-4-8(5-18-7,12(15)16)11(14)10-6(13)9-3/h4-5H2,1-3H3,(H,9,13). The number of hydrogen-bond acceptors (Lipinski definition) is 6. The lowest BCUT2D eigenvalue weighted by Crippen LogP contribution is -2.60. The molecule has 102 valence electrons. The summed E-state index contributed by atoms with van der Waals surface area (Å²) in [5, 5.41) is 27.7. The number of hydroxylamine groups is 1. The number of azo groups is 1. The van der Waals surface area contributed by atoms with Crippen LogP contribution < -0.4 is 5.32 Å². The van der Waals surface area contributed by atoms with Crippen LogP contribution in [-0.2, 0) is 9.47 Å². The van der Waals surface area contributed by atoms with Crippen LogP contribution in [0, 0.1) is 15.3 Å². The molecule has 0 aromatic rings. The Morgan fingerprint density at radius 3 is 2.22 bits per heavy atom. The van der Waals surface area contributed by atoms with Gasteiger partial charge in [-0.05, 0) is 18.7 Å². The van der Waals surface area contributed by atoms with Crippen molar-refractivity contribution in [1.29, 1.82) is 0 Å². The average molecular weight is 262 g/mol. The quantitative estimate of drug-likeness (QED) is 0.246. The number of nitro groups is 1. The van der Waals surface area contributed by atoms with E-state index in [1.165, 1.54) is 7.05 Å². The molecule has 10 heteroatoms. The Kier molecular flexibility index (Phi) is 3.82. The Morgan fingerprint density at radius 1 is 1.33 bits per heavy atom. The highest BCUT2D eigenvalue weighted by Gasteiger charge is 2.60. The Balaban J connectivity index is 3.00. The van der Waals surface area contributed by atoms with Crippen molar-refractivity contribution in [1.82, 2.24) is 5.32 Å². The van der Waals surface area contributed by atoms with Gasteiger partial charge in [-0.25, -0.2) is 4.79 Å². The molecule has 0 saturated carbocycles. The molecular weight excluding hydrogens is 248 g/mol.